The largest absolute Gasteiger partial charge is 0.313 e. The van der Waals surface area contributed by atoms with Crippen molar-refractivity contribution in [1.82, 2.24) is 10.2 Å². The summed E-state index contributed by atoms with van der Waals surface area (Å²) < 4.78 is 0. The molecule has 1 aliphatic heterocycles. The van der Waals surface area contributed by atoms with Gasteiger partial charge in [0.2, 0.25) is 0 Å². The SMILES string of the molecule is c1ccc(CC2CCN(CCCNCc3ccc4ccccc4c3)CC2)cc1. The molecule has 1 saturated heterocycles. The lowest BCUT2D eigenvalue weighted by Crippen LogP contribution is -2.36. The summed E-state index contributed by atoms with van der Waals surface area (Å²) in [5, 5.41) is 6.28. The predicted octanol–water partition coefficient (Wildman–Crippen LogP) is 5.27. The Labute approximate surface area is 169 Å². The Morgan fingerprint density at radius 1 is 0.786 bits per heavy atom. The lowest BCUT2D eigenvalue weighted by atomic mass is 9.90. The highest BCUT2D eigenvalue weighted by Gasteiger charge is 2.18. The summed E-state index contributed by atoms with van der Waals surface area (Å²) in [5.74, 6) is 0.865. The smallest absolute Gasteiger partial charge is 0.0205 e. The van der Waals surface area contributed by atoms with Gasteiger partial charge in [0, 0.05) is 6.54 Å². The highest BCUT2D eigenvalue weighted by Crippen LogP contribution is 2.21. The van der Waals surface area contributed by atoms with Crippen molar-refractivity contribution in [3.63, 3.8) is 0 Å². The number of fused-ring (bicyclic) bond motifs is 1. The van der Waals surface area contributed by atoms with Gasteiger partial charge in [0.1, 0.15) is 0 Å². The van der Waals surface area contributed by atoms with Crippen LogP contribution in [0.1, 0.15) is 30.4 Å². The highest BCUT2D eigenvalue weighted by atomic mass is 15.1. The van der Waals surface area contributed by atoms with E-state index in [9.17, 15) is 0 Å². The van der Waals surface area contributed by atoms with Gasteiger partial charge in [0.05, 0.1) is 0 Å². The van der Waals surface area contributed by atoms with Crippen molar-refractivity contribution in [3.8, 4) is 0 Å². The Balaban J connectivity index is 1.11. The monoisotopic (exact) mass is 372 g/mol. The van der Waals surface area contributed by atoms with Crippen LogP contribution in [-0.4, -0.2) is 31.1 Å². The molecule has 0 bridgehead atoms. The van der Waals surface area contributed by atoms with E-state index in [2.05, 4.69) is 83.0 Å². The molecule has 3 aromatic rings. The normalized spacial score (nSPS) is 15.9. The number of hydrogen-bond donors (Lipinski definition) is 1. The van der Waals surface area contributed by atoms with Gasteiger partial charge in [0.15, 0.2) is 0 Å². The summed E-state index contributed by atoms with van der Waals surface area (Å²) in [6.45, 7) is 5.81. The highest BCUT2D eigenvalue weighted by molar-refractivity contribution is 5.82. The maximum absolute atomic E-state index is 3.62. The molecule has 1 fully saturated rings. The van der Waals surface area contributed by atoms with Gasteiger partial charge >= 0.3 is 0 Å². The predicted molar refractivity (Wildman–Crippen MR) is 120 cm³/mol. The number of benzene rings is 3. The van der Waals surface area contributed by atoms with Crippen molar-refractivity contribution in [1.29, 1.82) is 0 Å². The number of piperidine rings is 1. The molecule has 0 aliphatic carbocycles. The number of rotatable bonds is 8. The van der Waals surface area contributed by atoms with Crippen molar-refractivity contribution in [3.05, 3.63) is 83.9 Å². The third-order valence-corrected chi connectivity index (χ3v) is 6.05. The van der Waals surface area contributed by atoms with E-state index in [1.807, 2.05) is 0 Å². The van der Waals surface area contributed by atoms with E-state index >= 15 is 0 Å². The lowest BCUT2D eigenvalue weighted by molar-refractivity contribution is 0.182. The first-order valence-corrected chi connectivity index (χ1v) is 10.8. The van der Waals surface area contributed by atoms with Crippen molar-refractivity contribution in [2.75, 3.05) is 26.2 Å². The fraction of sp³-hybridized carbons (Fsp3) is 0.385. The van der Waals surface area contributed by atoms with Crippen molar-refractivity contribution >= 4 is 10.8 Å². The van der Waals surface area contributed by atoms with E-state index in [1.165, 1.54) is 67.2 Å². The Kier molecular flexibility index (Phi) is 6.75. The number of nitrogens with one attached hydrogen (secondary N) is 1. The molecule has 3 aromatic carbocycles. The first-order chi connectivity index (χ1) is 13.9. The third kappa shape index (κ3) is 5.43. The molecule has 0 amide bonds. The average Bonchev–Trinajstić information content (AvgIpc) is 2.75. The number of hydrogen-bond acceptors (Lipinski definition) is 2. The molecule has 1 aliphatic rings. The van der Waals surface area contributed by atoms with Crippen LogP contribution in [0, 0.1) is 5.92 Å². The standard InChI is InChI=1S/C26H32N2/c1-2-7-22(8-3-1)19-23-13-17-28(18-14-23)16-6-15-27-21-24-11-12-25-9-4-5-10-26(25)20-24/h1-5,7-12,20,23,27H,6,13-19,21H2. The molecule has 4 rings (SSSR count). The second kappa shape index (κ2) is 9.86. The van der Waals surface area contributed by atoms with Crippen LogP contribution in [0.4, 0.5) is 0 Å². The van der Waals surface area contributed by atoms with Gasteiger partial charge in [-0.3, -0.25) is 0 Å². The molecule has 146 valence electrons. The molecule has 1 N–H and O–H groups in total. The molecular weight excluding hydrogens is 340 g/mol. The van der Waals surface area contributed by atoms with Crippen molar-refractivity contribution < 1.29 is 0 Å². The minimum atomic E-state index is 0.865. The summed E-state index contributed by atoms with van der Waals surface area (Å²) in [6, 6.07) is 26.3. The quantitative estimate of drug-likeness (QED) is 0.542. The average molecular weight is 373 g/mol. The number of nitrogens with zero attached hydrogens (tertiary/aromatic N) is 1. The summed E-state index contributed by atoms with van der Waals surface area (Å²) in [4.78, 5) is 2.65. The molecule has 1 heterocycles. The van der Waals surface area contributed by atoms with Crippen LogP contribution < -0.4 is 5.32 Å². The zero-order valence-corrected chi connectivity index (χ0v) is 16.8. The van der Waals surface area contributed by atoms with E-state index in [0.717, 1.165) is 19.0 Å². The van der Waals surface area contributed by atoms with Crippen LogP contribution in [-0.2, 0) is 13.0 Å². The Hall–Kier alpha value is -2.16. The van der Waals surface area contributed by atoms with Crippen molar-refractivity contribution in [2.45, 2.75) is 32.2 Å². The molecule has 28 heavy (non-hydrogen) atoms. The van der Waals surface area contributed by atoms with Crippen LogP contribution in [0.15, 0.2) is 72.8 Å². The Bertz CT molecular complexity index is 850. The third-order valence-electron chi connectivity index (χ3n) is 6.05. The topological polar surface area (TPSA) is 15.3 Å². The molecule has 2 heteroatoms. The molecule has 0 atom stereocenters. The van der Waals surface area contributed by atoms with E-state index in [4.69, 9.17) is 0 Å². The van der Waals surface area contributed by atoms with Crippen LogP contribution in [0.5, 0.6) is 0 Å². The summed E-state index contributed by atoms with van der Waals surface area (Å²) in [6.07, 6.45) is 5.18. The zero-order chi connectivity index (χ0) is 19.0. The van der Waals surface area contributed by atoms with E-state index in [0.29, 0.717) is 0 Å². The van der Waals surface area contributed by atoms with E-state index in [-0.39, 0.29) is 0 Å². The summed E-state index contributed by atoms with van der Waals surface area (Å²) in [7, 11) is 0. The Morgan fingerprint density at radius 3 is 2.36 bits per heavy atom. The lowest BCUT2D eigenvalue weighted by Gasteiger charge is -2.32. The fourth-order valence-corrected chi connectivity index (χ4v) is 4.37. The van der Waals surface area contributed by atoms with Gasteiger partial charge < -0.3 is 10.2 Å². The van der Waals surface area contributed by atoms with Crippen LogP contribution in [0.3, 0.4) is 0 Å². The van der Waals surface area contributed by atoms with E-state index < -0.39 is 0 Å². The molecule has 0 spiro atoms. The van der Waals surface area contributed by atoms with Crippen molar-refractivity contribution in [2.24, 2.45) is 5.92 Å². The first-order valence-electron chi connectivity index (χ1n) is 10.8. The molecule has 0 saturated carbocycles. The van der Waals surface area contributed by atoms with Gasteiger partial charge in [-0.15, -0.1) is 0 Å². The van der Waals surface area contributed by atoms with Gasteiger partial charge in [-0.2, -0.15) is 0 Å². The molecule has 0 aromatic heterocycles. The van der Waals surface area contributed by atoms with Gasteiger partial charge in [-0.25, -0.2) is 0 Å². The van der Waals surface area contributed by atoms with Crippen LogP contribution in [0.25, 0.3) is 10.8 Å². The fourth-order valence-electron chi connectivity index (χ4n) is 4.37. The molecule has 0 unspecified atom stereocenters. The molecule has 0 radical (unpaired) electrons. The minimum absolute atomic E-state index is 0.865. The van der Waals surface area contributed by atoms with Gasteiger partial charge in [0.25, 0.3) is 0 Å². The second-order valence-corrected chi connectivity index (χ2v) is 8.19. The van der Waals surface area contributed by atoms with Gasteiger partial charge in [-0.1, -0.05) is 66.7 Å². The van der Waals surface area contributed by atoms with Crippen LogP contribution in [0.2, 0.25) is 0 Å². The van der Waals surface area contributed by atoms with Gasteiger partial charge in [-0.05, 0) is 85.7 Å². The first kappa shape index (κ1) is 19.2. The Morgan fingerprint density at radius 2 is 1.54 bits per heavy atom. The van der Waals surface area contributed by atoms with E-state index in [1.54, 1.807) is 0 Å². The molecular formula is C26H32N2. The maximum atomic E-state index is 3.62. The second-order valence-electron chi connectivity index (χ2n) is 8.19. The minimum Gasteiger partial charge on any atom is -0.313 e. The summed E-state index contributed by atoms with van der Waals surface area (Å²) in [5.41, 5.74) is 2.87. The summed E-state index contributed by atoms with van der Waals surface area (Å²) >= 11 is 0. The zero-order valence-electron chi connectivity index (χ0n) is 16.8. The maximum Gasteiger partial charge on any atom is 0.0205 e. The number of likely N-dealkylation sites (tertiary alicyclic amines) is 1. The molecule has 2 nitrogen and oxygen atoms in total. The van der Waals surface area contributed by atoms with Crippen LogP contribution >= 0.6 is 0 Å².